The molecule has 0 saturated carbocycles. The smallest absolute Gasteiger partial charge is 0.255 e. The van der Waals surface area contributed by atoms with Gasteiger partial charge in [0.25, 0.3) is 5.91 Å². The van der Waals surface area contributed by atoms with Crippen molar-refractivity contribution in [3.05, 3.63) is 59.9 Å². The van der Waals surface area contributed by atoms with E-state index in [4.69, 9.17) is 4.74 Å². The molecule has 3 N–H and O–H groups in total. The summed E-state index contributed by atoms with van der Waals surface area (Å²) in [5.41, 5.74) is 2.19. The van der Waals surface area contributed by atoms with Gasteiger partial charge in [0.1, 0.15) is 0 Å². The number of carbonyl (C=O) groups is 2. The molecule has 0 radical (unpaired) electrons. The molecule has 152 valence electrons. The molecule has 1 aliphatic heterocycles. The summed E-state index contributed by atoms with van der Waals surface area (Å²) in [5, 5.41) is 8.95. The highest BCUT2D eigenvalue weighted by Gasteiger charge is 2.16. The molecule has 1 atom stereocenters. The van der Waals surface area contributed by atoms with Gasteiger partial charge in [-0.15, -0.1) is 24.8 Å². The molecule has 1 unspecified atom stereocenters. The lowest BCUT2D eigenvalue weighted by Gasteiger charge is -2.23. The molecule has 0 spiro atoms. The van der Waals surface area contributed by atoms with Gasteiger partial charge in [0.2, 0.25) is 5.91 Å². The van der Waals surface area contributed by atoms with Crippen LogP contribution < -0.4 is 16.0 Å². The molecule has 1 aliphatic rings. The van der Waals surface area contributed by atoms with Gasteiger partial charge in [0.05, 0.1) is 13.2 Å². The first-order chi connectivity index (χ1) is 12.7. The molecule has 2 amide bonds. The molecule has 2 aromatic rings. The Morgan fingerprint density at radius 3 is 2.46 bits per heavy atom. The maximum Gasteiger partial charge on any atom is 0.255 e. The van der Waals surface area contributed by atoms with Gasteiger partial charge in [-0.1, -0.05) is 12.1 Å². The Balaban J connectivity index is 0.00000196. The van der Waals surface area contributed by atoms with E-state index in [1.807, 2.05) is 12.1 Å². The molecule has 0 aliphatic carbocycles. The Morgan fingerprint density at radius 1 is 1.11 bits per heavy atom. The molecule has 2 heterocycles. The van der Waals surface area contributed by atoms with Gasteiger partial charge in [-0.05, 0) is 29.8 Å². The number of benzene rings is 1. The number of carbonyl (C=O) groups excluding carboxylic acids is 2. The van der Waals surface area contributed by atoms with Gasteiger partial charge in [0.15, 0.2) is 0 Å². The van der Waals surface area contributed by atoms with Crippen LogP contribution in [0.15, 0.2) is 48.8 Å². The van der Waals surface area contributed by atoms with E-state index in [0.717, 1.165) is 12.1 Å². The molecular formula is C19H24Cl2N4O3. The third kappa shape index (κ3) is 7.44. The van der Waals surface area contributed by atoms with Crippen molar-refractivity contribution in [3.63, 3.8) is 0 Å². The van der Waals surface area contributed by atoms with Crippen LogP contribution in [0.1, 0.15) is 22.3 Å². The summed E-state index contributed by atoms with van der Waals surface area (Å²) >= 11 is 0. The number of halogens is 2. The zero-order valence-electron chi connectivity index (χ0n) is 15.2. The predicted molar refractivity (Wildman–Crippen MR) is 112 cm³/mol. The second-order valence-corrected chi connectivity index (χ2v) is 6.09. The third-order valence-electron chi connectivity index (χ3n) is 4.07. The van der Waals surface area contributed by atoms with Gasteiger partial charge in [-0.3, -0.25) is 14.6 Å². The minimum absolute atomic E-state index is 0. The van der Waals surface area contributed by atoms with Crippen molar-refractivity contribution in [2.24, 2.45) is 0 Å². The van der Waals surface area contributed by atoms with Crippen LogP contribution in [0.2, 0.25) is 0 Å². The second kappa shape index (κ2) is 12.3. The van der Waals surface area contributed by atoms with Crippen LogP contribution in [0.3, 0.4) is 0 Å². The number of ether oxygens (including phenoxy) is 1. The third-order valence-corrected chi connectivity index (χ3v) is 4.07. The highest BCUT2D eigenvalue weighted by Crippen LogP contribution is 2.09. The number of amides is 2. The van der Waals surface area contributed by atoms with Crippen LogP contribution >= 0.6 is 24.8 Å². The molecule has 1 aromatic heterocycles. The largest absolute Gasteiger partial charge is 0.378 e. The number of nitrogens with zero attached hydrogens (tertiary/aromatic N) is 1. The first kappa shape index (κ1) is 23.8. The van der Waals surface area contributed by atoms with Crippen molar-refractivity contribution in [1.29, 1.82) is 0 Å². The zero-order valence-corrected chi connectivity index (χ0v) is 16.9. The second-order valence-electron chi connectivity index (χ2n) is 6.09. The monoisotopic (exact) mass is 426 g/mol. The molecule has 9 heteroatoms. The first-order valence-electron chi connectivity index (χ1n) is 8.59. The van der Waals surface area contributed by atoms with Crippen molar-refractivity contribution >= 4 is 42.3 Å². The average Bonchev–Trinajstić information content (AvgIpc) is 2.68. The Labute approximate surface area is 176 Å². The van der Waals surface area contributed by atoms with Crippen LogP contribution in [-0.4, -0.2) is 42.6 Å². The Kier molecular flexibility index (Phi) is 10.5. The normalized spacial score (nSPS) is 15.5. The average molecular weight is 427 g/mol. The number of rotatable bonds is 6. The molecule has 7 nitrogen and oxygen atoms in total. The Bertz CT molecular complexity index is 739. The fourth-order valence-electron chi connectivity index (χ4n) is 2.66. The zero-order chi connectivity index (χ0) is 18.2. The number of morpholine rings is 1. The highest BCUT2D eigenvalue weighted by atomic mass is 35.5. The number of anilines is 1. The minimum Gasteiger partial charge on any atom is -0.378 e. The Hall–Kier alpha value is -2.19. The Morgan fingerprint density at radius 2 is 1.82 bits per heavy atom. The highest BCUT2D eigenvalue weighted by molar-refractivity contribution is 6.04. The summed E-state index contributed by atoms with van der Waals surface area (Å²) in [7, 11) is 0. The topological polar surface area (TPSA) is 92.4 Å². The summed E-state index contributed by atoms with van der Waals surface area (Å²) in [6.07, 6.45) is 3.64. The molecule has 28 heavy (non-hydrogen) atoms. The van der Waals surface area contributed by atoms with Crippen LogP contribution in [0.5, 0.6) is 0 Å². The molecule has 3 rings (SSSR count). The van der Waals surface area contributed by atoms with Crippen molar-refractivity contribution in [1.82, 2.24) is 15.6 Å². The van der Waals surface area contributed by atoms with Gasteiger partial charge < -0.3 is 20.7 Å². The molecular weight excluding hydrogens is 403 g/mol. The van der Waals surface area contributed by atoms with Gasteiger partial charge in [0, 0.05) is 49.2 Å². The summed E-state index contributed by atoms with van der Waals surface area (Å²) in [6, 6.07) is 10.7. The lowest BCUT2D eigenvalue weighted by molar-refractivity contribution is -0.122. The predicted octanol–water partition coefficient (Wildman–Crippen LogP) is 2.17. The van der Waals surface area contributed by atoms with Crippen LogP contribution in [0.4, 0.5) is 5.69 Å². The van der Waals surface area contributed by atoms with Gasteiger partial charge in [-0.2, -0.15) is 0 Å². The number of hydrogen-bond acceptors (Lipinski definition) is 5. The molecule has 1 aromatic carbocycles. The van der Waals surface area contributed by atoms with E-state index in [1.165, 1.54) is 0 Å². The molecule has 1 fully saturated rings. The van der Waals surface area contributed by atoms with Crippen molar-refractivity contribution < 1.29 is 14.3 Å². The van der Waals surface area contributed by atoms with E-state index < -0.39 is 0 Å². The number of hydrogen-bond donors (Lipinski definition) is 3. The fourth-order valence-corrected chi connectivity index (χ4v) is 2.66. The number of aromatic nitrogens is 1. The summed E-state index contributed by atoms with van der Waals surface area (Å²) in [5.74, 6) is -0.206. The van der Waals surface area contributed by atoms with Crippen molar-refractivity contribution in [2.45, 2.75) is 19.0 Å². The lowest BCUT2D eigenvalue weighted by atomic mass is 10.1. The maximum atomic E-state index is 12.2. The number of pyridine rings is 1. The van der Waals surface area contributed by atoms with E-state index in [0.29, 0.717) is 37.4 Å². The van der Waals surface area contributed by atoms with Crippen molar-refractivity contribution in [2.75, 3.05) is 25.1 Å². The van der Waals surface area contributed by atoms with E-state index in [-0.39, 0.29) is 42.7 Å². The van der Waals surface area contributed by atoms with Gasteiger partial charge >= 0.3 is 0 Å². The summed E-state index contributed by atoms with van der Waals surface area (Å²) < 4.78 is 5.34. The van der Waals surface area contributed by atoms with Crippen LogP contribution in [0, 0.1) is 0 Å². The van der Waals surface area contributed by atoms with E-state index >= 15 is 0 Å². The van der Waals surface area contributed by atoms with E-state index in [9.17, 15) is 9.59 Å². The lowest BCUT2D eigenvalue weighted by Crippen LogP contribution is -2.44. The summed E-state index contributed by atoms with van der Waals surface area (Å²) in [4.78, 5) is 28.1. The van der Waals surface area contributed by atoms with Crippen LogP contribution in [-0.2, 0) is 16.1 Å². The minimum atomic E-state index is -0.185. The fraction of sp³-hybridized carbons (Fsp3) is 0.316. The number of nitrogens with one attached hydrogen (secondary N) is 3. The molecule has 0 bridgehead atoms. The quantitative estimate of drug-likeness (QED) is 0.657. The van der Waals surface area contributed by atoms with Crippen LogP contribution in [0.25, 0.3) is 0 Å². The van der Waals surface area contributed by atoms with E-state index in [1.54, 1.807) is 36.7 Å². The standard InChI is InChI=1S/C19H22N4O3.2ClH/c24-18(11-17-13-26-10-9-21-17)22-12-14-1-3-15(4-2-14)19(25)23-16-5-7-20-8-6-16;;/h1-8,17,21H,9-13H2,(H,22,24)(H,20,23,25);2*1H. The summed E-state index contributed by atoms with van der Waals surface area (Å²) in [6.45, 7) is 2.47. The maximum absolute atomic E-state index is 12.2. The van der Waals surface area contributed by atoms with Crippen molar-refractivity contribution in [3.8, 4) is 0 Å². The van der Waals surface area contributed by atoms with Gasteiger partial charge in [-0.25, -0.2) is 0 Å². The first-order valence-corrected chi connectivity index (χ1v) is 8.59. The van der Waals surface area contributed by atoms with E-state index in [2.05, 4.69) is 20.9 Å². The SMILES string of the molecule is Cl.Cl.O=C(CC1COCCN1)NCc1ccc(C(=O)Nc2ccncc2)cc1. The molecule has 1 saturated heterocycles.